The molecule has 0 saturated carbocycles. The highest BCUT2D eigenvalue weighted by Crippen LogP contribution is 2.34. The summed E-state index contributed by atoms with van der Waals surface area (Å²) in [5, 5.41) is 2.97. The van der Waals surface area contributed by atoms with Gasteiger partial charge < -0.3 is 24.4 Å². The number of ether oxygens (including phenoxy) is 3. The second-order valence-corrected chi connectivity index (χ2v) is 9.59. The number of nitrogens with one attached hydrogen (secondary N) is 1. The van der Waals surface area contributed by atoms with Crippen molar-refractivity contribution in [2.45, 2.75) is 26.8 Å². The molecule has 0 spiro atoms. The van der Waals surface area contributed by atoms with Gasteiger partial charge in [0.25, 0.3) is 0 Å². The van der Waals surface area contributed by atoms with E-state index in [9.17, 15) is 9.59 Å². The summed E-state index contributed by atoms with van der Waals surface area (Å²) in [4.78, 5) is 31.7. The zero-order valence-electron chi connectivity index (χ0n) is 21.3. The number of piperazine rings is 1. The molecule has 3 rings (SSSR count). The van der Waals surface area contributed by atoms with Crippen molar-refractivity contribution in [2.24, 2.45) is 11.8 Å². The van der Waals surface area contributed by atoms with E-state index < -0.39 is 0 Å². The minimum atomic E-state index is -0.0438. The number of likely N-dealkylation sites (tertiary alicyclic amines) is 1. The summed E-state index contributed by atoms with van der Waals surface area (Å²) < 4.78 is 16.1. The van der Waals surface area contributed by atoms with Gasteiger partial charge in [0.05, 0.1) is 34.4 Å². The number of carbonyl (C=O) groups excluding carboxylic acids is 2. The van der Waals surface area contributed by atoms with E-state index in [0.29, 0.717) is 48.7 Å². The number of rotatable bonds is 9. The number of hydrogen-bond donors (Lipinski definition) is 1. The fraction of sp³-hybridized carbons (Fsp3) is 0.680. The van der Waals surface area contributed by atoms with Crippen LogP contribution < -0.4 is 19.5 Å². The van der Waals surface area contributed by atoms with Crippen LogP contribution in [0.5, 0.6) is 17.2 Å². The lowest BCUT2D eigenvalue weighted by Crippen LogP contribution is -2.53. The first-order valence-corrected chi connectivity index (χ1v) is 12.1. The van der Waals surface area contributed by atoms with Gasteiger partial charge in [-0.05, 0) is 24.3 Å². The van der Waals surface area contributed by atoms with E-state index >= 15 is 0 Å². The topological polar surface area (TPSA) is 83.6 Å². The van der Waals surface area contributed by atoms with Crippen molar-refractivity contribution < 1.29 is 23.8 Å². The molecule has 2 aliphatic rings. The Bertz CT molecular complexity index is 831. The van der Waals surface area contributed by atoms with Crippen LogP contribution in [0, 0.1) is 11.8 Å². The number of carbonyl (C=O) groups is 2. The van der Waals surface area contributed by atoms with Crippen molar-refractivity contribution in [3.63, 3.8) is 0 Å². The molecule has 9 heteroatoms. The predicted molar refractivity (Wildman–Crippen MR) is 130 cm³/mol. The number of hydrogen-bond acceptors (Lipinski definition) is 7. The quantitative estimate of drug-likeness (QED) is 0.578. The van der Waals surface area contributed by atoms with Gasteiger partial charge in [0.15, 0.2) is 11.5 Å². The summed E-state index contributed by atoms with van der Waals surface area (Å²) in [5.41, 5.74) is 0.818. The molecule has 1 N–H and O–H groups in total. The fourth-order valence-electron chi connectivity index (χ4n) is 4.95. The van der Waals surface area contributed by atoms with Crippen LogP contribution >= 0.6 is 0 Å². The Morgan fingerprint density at radius 1 is 0.853 bits per heavy atom. The Labute approximate surface area is 203 Å². The van der Waals surface area contributed by atoms with E-state index in [1.54, 1.807) is 27.4 Å². The zero-order chi connectivity index (χ0) is 24.7. The molecule has 190 valence electrons. The van der Waals surface area contributed by atoms with Crippen molar-refractivity contribution in [2.75, 3.05) is 73.7 Å². The van der Waals surface area contributed by atoms with Crippen molar-refractivity contribution >= 4 is 11.8 Å². The Kier molecular flexibility index (Phi) is 9.41. The van der Waals surface area contributed by atoms with Crippen LogP contribution in [0.25, 0.3) is 0 Å². The SMILES string of the molecule is COc1cc(OC)c(OC)cc1CNC(=O)CN1CCN(CC(=O)N2CC(C)CC(C)C2)CC1. The minimum absolute atomic E-state index is 0.0438. The highest BCUT2D eigenvalue weighted by atomic mass is 16.5. The fourth-order valence-corrected chi connectivity index (χ4v) is 4.95. The molecule has 0 radical (unpaired) electrons. The third-order valence-electron chi connectivity index (χ3n) is 6.68. The van der Waals surface area contributed by atoms with Crippen LogP contribution in [0.4, 0.5) is 0 Å². The summed E-state index contributed by atoms with van der Waals surface area (Å²) >= 11 is 0. The standard InChI is InChI=1S/C25H40N4O5/c1-18-10-19(2)15-29(14-18)25(31)17-28-8-6-27(7-9-28)16-24(30)26-13-20-11-22(33-4)23(34-5)12-21(20)32-3/h11-12,18-19H,6-10,13-17H2,1-5H3,(H,26,30). The first-order valence-electron chi connectivity index (χ1n) is 12.1. The second-order valence-electron chi connectivity index (χ2n) is 9.59. The van der Waals surface area contributed by atoms with Crippen LogP contribution in [0.3, 0.4) is 0 Å². The van der Waals surface area contributed by atoms with E-state index in [0.717, 1.165) is 44.8 Å². The van der Waals surface area contributed by atoms with E-state index in [1.807, 2.05) is 11.0 Å². The number of piperidine rings is 1. The van der Waals surface area contributed by atoms with Gasteiger partial charge in [0.2, 0.25) is 11.8 Å². The number of amides is 2. The van der Waals surface area contributed by atoms with Crippen LogP contribution in [0.15, 0.2) is 12.1 Å². The molecule has 2 aliphatic heterocycles. The first kappa shape index (κ1) is 26.1. The molecule has 2 amide bonds. The molecule has 2 atom stereocenters. The molecular weight excluding hydrogens is 436 g/mol. The molecule has 1 aromatic rings. The summed E-state index contributed by atoms with van der Waals surface area (Å²) in [6.45, 7) is 10.5. The summed E-state index contributed by atoms with van der Waals surface area (Å²) in [6, 6.07) is 3.57. The van der Waals surface area contributed by atoms with Gasteiger partial charge in [-0.15, -0.1) is 0 Å². The first-order chi connectivity index (χ1) is 16.3. The largest absolute Gasteiger partial charge is 0.496 e. The normalized spacial score (nSPS) is 21.7. The zero-order valence-corrected chi connectivity index (χ0v) is 21.3. The highest BCUT2D eigenvalue weighted by molar-refractivity contribution is 5.79. The van der Waals surface area contributed by atoms with Gasteiger partial charge in [-0.3, -0.25) is 19.4 Å². The van der Waals surface area contributed by atoms with Crippen molar-refractivity contribution in [1.82, 2.24) is 20.0 Å². The van der Waals surface area contributed by atoms with Gasteiger partial charge in [-0.1, -0.05) is 13.8 Å². The molecule has 9 nitrogen and oxygen atoms in total. The maximum atomic E-state index is 12.8. The summed E-state index contributed by atoms with van der Waals surface area (Å²) in [6.07, 6.45) is 1.20. The Morgan fingerprint density at radius 2 is 1.38 bits per heavy atom. The van der Waals surface area contributed by atoms with Crippen molar-refractivity contribution in [3.05, 3.63) is 17.7 Å². The maximum absolute atomic E-state index is 12.8. The van der Waals surface area contributed by atoms with E-state index in [-0.39, 0.29) is 11.8 Å². The molecule has 1 aromatic carbocycles. The van der Waals surface area contributed by atoms with Gasteiger partial charge in [0.1, 0.15) is 5.75 Å². The second kappa shape index (κ2) is 12.3. The molecule has 2 heterocycles. The summed E-state index contributed by atoms with van der Waals surface area (Å²) in [7, 11) is 4.74. The molecule has 0 bridgehead atoms. The monoisotopic (exact) mass is 476 g/mol. The van der Waals surface area contributed by atoms with Crippen molar-refractivity contribution in [1.29, 1.82) is 0 Å². The van der Waals surface area contributed by atoms with Crippen LogP contribution in [-0.2, 0) is 16.1 Å². The van der Waals surface area contributed by atoms with Crippen LogP contribution in [-0.4, -0.2) is 100 Å². The predicted octanol–water partition coefficient (Wildman–Crippen LogP) is 1.45. The molecule has 34 heavy (non-hydrogen) atoms. The molecule has 0 aromatic heterocycles. The third kappa shape index (κ3) is 6.99. The van der Waals surface area contributed by atoms with E-state index in [4.69, 9.17) is 14.2 Å². The third-order valence-corrected chi connectivity index (χ3v) is 6.68. The molecule has 0 aliphatic carbocycles. The van der Waals surface area contributed by atoms with Gasteiger partial charge in [0, 0.05) is 57.4 Å². The molecular formula is C25H40N4O5. The number of nitrogens with zero attached hydrogens (tertiary/aromatic N) is 3. The maximum Gasteiger partial charge on any atom is 0.236 e. The lowest BCUT2D eigenvalue weighted by atomic mass is 9.92. The Hall–Kier alpha value is -2.52. The Balaban J connectivity index is 1.42. The van der Waals surface area contributed by atoms with Crippen LogP contribution in [0.2, 0.25) is 0 Å². The average Bonchev–Trinajstić information content (AvgIpc) is 2.82. The molecule has 2 unspecified atom stereocenters. The van der Waals surface area contributed by atoms with Gasteiger partial charge in [-0.2, -0.15) is 0 Å². The Morgan fingerprint density at radius 3 is 1.94 bits per heavy atom. The minimum Gasteiger partial charge on any atom is -0.496 e. The lowest BCUT2D eigenvalue weighted by molar-refractivity contribution is -0.135. The average molecular weight is 477 g/mol. The molecule has 2 fully saturated rings. The molecule has 2 saturated heterocycles. The van der Waals surface area contributed by atoms with E-state index in [1.165, 1.54) is 6.42 Å². The summed E-state index contributed by atoms with van der Waals surface area (Å²) in [5.74, 6) is 3.13. The van der Waals surface area contributed by atoms with Gasteiger partial charge in [-0.25, -0.2) is 0 Å². The number of benzene rings is 1. The van der Waals surface area contributed by atoms with Crippen molar-refractivity contribution in [3.8, 4) is 17.2 Å². The highest BCUT2D eigenvalue weighted by Gasteiger charge is 2.27. The van der Waals surface area contributed by atoms with E-state index in [2.05, 4.69) is 29.0 Å². The lowest BCUT2D eigenvalue weighted by Gasteiger charge is -2.38. The van der Waals surface area contributed by atoms with Crippen LogP contribution in [0.1, 0.15) is 25.8 Å². The smallest absolute Gasteiger partial charge is 0.236 e. The number of methoxy groups -OCH3 is 3. The van der Waals surface area contributed by atoms with Gasteiger partial charge >= 0.3 is 0 Å².